The number of phenolic OH excluding ortho intramolecular Hbond substituents is 2. The average molecular weight is 273 g/mol. The maximum absolute atomic E-state index is 10.1. The first-order valence-corrected chi connectivity index (χ1v) is 7.83. The van der Waals surface area contributed by atoms with Crippen molar-refractivity contribution in [1.29, 1.82) is 0 Å². The van der Waals surface area contributed by atoms with E-state index in [4.69, 9.17) is 5.73 Å². The first-order valence-electron chi connectivity index (χ1n) is 7.83. The highest BCUT2D eigenvalue weighted by molar-refractivity contribution is 5.41. The number of aromatic hydroxyl groups is 2. The van der Waals surface area contributed by atoms with Gasteiger partial charge < -0.3 is 15.9 Å². The van der Waals surface area contributed by atoms with E-state index >= 15 is 0 Å². The molecule has 0 saturated heterocycles. The molecule has 0 spiro atoms. The van der Waals surface area contributed by atoms with E-state index in [0.29, 0.717) is 0 Å². The van der Waals surface area contributed by atoms with E-state index in [9.17, 15) is 10.2 Å². The van der Waals surface area contributed by atoms with Crippen molar-refractivity contribution in [3.05, 3.63) is 23.8 Å². The van der Waals surface area contributed by atoms with Crippen LogP contribution >= 0.6 is 0 Å². The molecule has 3 nitrogen and oxygen atoms in total. The van der Waals surface area contributed by atoms with Gasteiger partial charge >= 0.3 is 0 Å². The maximum Gasteiger partial charge on any atom is 0.124 e. The van der Waals surface area contributed by atoms with E-state index in [1.165, 1.54) is 44.6 Å². The number of rotatable bonds is 2. The minimum atomic E-state index is -0.100. The molecule has 5 rings (SSSR count). The molecule has 108 valence electrons. The Morgan fingerprint density at radius 2 is 1.55 bits per heavy atom. The fraction of sp³-hybridized carbons (Fsp3) is 0.647. The summed E-state index contributed by atoms with van der Waals surface area (Å²) in [4.78, 5) is 0. The molecule has 4 aliphatic rings. The Morgan fingerprint density at radius 1 is 1.00 bits per heavy atom. The van der Waals surface area contributed by atoms with Gasteiger partial charge in [-0.1, -0.05) is 6.07 Å². The second-order valence-electron chi connectivity index (χ2n) is 7.50. The summed E-state index contributed by atoms with van der Waals surface area (Å²) in [5.74, 6) is 2.81. The Kier molecular flexibility index (Phi) is 2.59. The Bertz CT molecular complexity index is 505. The molecule has 0 aliphatic heterocycles. The van der Waals surface area contributed by atoms with Crippen LogP contribution in [0.5, 0.6) is 11.5 Å². The molecule has 1 aromatic carbocycles. The van der Waals surface area contributed by atoms with Gasteiger partial charge in [-0.15, -0.1) is 0 Å². The summed E-state index contributed by atoms with van der Waals surface area (Å²) in [6.45, 7) is 0. The normalized spacial score (nSPS) is 40.0. The number of nitrogens with two attached hydrogens (primary N) is 1. The van der Waals surface area contributed by atoms with Gasteiger partial charge in [0, 0.05) is 17.7 Å². The third kappa shape index (κ3) is 1.76. The van der Waals surface area contributed by atoms with Gasteiger partial charge in [-0.3, -0.25) is 0 Å². The minimum Gasteiger partial charge on any atom is -0.508 e. The Morgan fingerprint density at radius 3 is 2.05 bits per heavy atom. The molecular formula is C17H23NO2. The van der Waals surface area contributed by atoms with Gasteiger partial charge in [0.15, 0.2) is 0 Å². The molecule has 4 bridgehead atoms. The highest BCUT2D eigenvalue weighted by atomic mass is 16.3. The molecule has 4 N–H and O–H groups in total. The third-order valence-corrected chi connectivity index (χ3v) is 6.09. The predicted molar refractivity (Wildman–Crippen MR) is 77.3 cm³/mol. The Balaban J connectivity index is 1.69. The fourth-order valence-corrected chi connectivity index (χ4v) is 5.68. The van der Waals surface area contributed by atoms with Crippen LogP contribution in [0.15, 0.2) is 18.2 Å². The van der Waals surface area contributed by atoms with Gasteiger partial charge in [0.2, 0.25) is 0 Å². The molecule has 4 fully saturated rings. The van der Waals surface area contributed by atoms with Gasteiger partial charge in [0.1, 0.15) is 11.5 Å². The average Bonchev–Trinajstić information content (AvgIpc) is 2.36. The van der Waals surface area contributed by atoms with Crippen molar-refractivity contribution in [1.82, 2.24) is 0 Å². The van der Waals surface area contributed by atoms with Crippen molar-refractivity contribution in [2.75, 3.05) is 0 Å². The van der Waals surface area contributed by atoms with E-state index in [1.54, 1.807) is 12.1 Å². The van der Waals surface area contributed by atoms with Crippen LogP contribution in [-0.4, -0.2) is 10.2 Å². The highest BCUT2D eigenvalue weighted by Gasteiger charge is 2.53. The molecule has 3 heteroatoms. The van der Waals surface area contributed by atoms with Gasteiger partial charge in [-0.2, -0.15) is 0 Å². The zero-order valence-corrected chi connectivity index (χ0v) is 11.8. The van der Waals surface area contributed by atoms with Crippen LogP contribution in [0, 0.1) is 23.2 Å². The van der Waals surface area contributed by atoms with Crippen molar-refractivity contribution in [3.63, 3.8) is 0 Å². The lowest BCUT2D eigenvalue weighted by Crippen LogP contribution is -2.50. The summed E-state index contributed by atoms with van der Waals surface area (Å²) in [5.41, 5.74) is 7.60. The SMILES string of the molecule is NC(c1ccc(O)cc1O)C12CC3CC(CC(C3)C1)C2. The smallest absolute Gasteiger partial charge is 0.124 e. The summed E-state index contributed by atoms with van der Waals surface area (Å²) < 4.78 is 0. The summed E-state index contributed by atoms with van der Waals surface area (Å²) in [7, 11) is 0. The van der Waals surface area contributed by atoms with Crippen LogP contribution < -0.4 is 5.73 Å². The monoisotopic (exact) mass is 273 g/mol. The first kappa shape index (κ1) is 12.5. The van der Waals surface area contributed by atoms with E-state index in [-0.39, 0.29) is 23.0 Å². The lowest BCUT2D eigenvalue weighted by atomic mass is 9.47. The van der Waals surface area contributed by atoms with Crippen molar-refractivity contribution in [3.8, 4) is 11.5 Å². The van der Waals surface area contributed by atoms with Gasteiger partial charge in [-0.25, -0.2) is 0 Å². The van der Waals surface area contributed by atoms with Gasteiger partial charge in [0.05, 0.1) is 0 Å². The molecule has 0 aromatic heterocycles. The zero-order chi connectivity index (χ0) is 13.9. The van der Waals surface area contributed by atoms with Gasteiger partial charge in [-0.05, 0) is 67.8 Å². The predicted octanol–water partition coefficient (Wildman–Crippen LogP) is 3.31. The molecule has 0 amide bonds. The summed E-state index contributed by atoms with van der Waals surface area (Å²) >= 11 is 0. The number of phenols is 2. The lowest BCUT2D eigenvalue weighted by Gasteiger charge is -2.59. The highest BCUT2D eigenvalue weighted by Crippen LogP contribution is 2.63. The standard InChI is InChI=1S/C17H23NO2/c18-16(14-2-1-13(19)6-15(14)20)17-7-10-3-11(8-17)5-12(4-10)9-17/h1-2,6,10-12,16,19-20H,3-5,7-9,18H2. The molecule has 4 aliphatic carbocycles. The molecule has 1 aromatic rings. The van der Waals surface area contributed by atoms with Crippen molar-refractivity contribution in [2.24, 2.45) is 28.9 Å². The Hall–Kier alpha value is -1.22. The molecule has 1 unspecified atom stereocenters. The number of hydrogen-bond acceptors (Lipinski definition) is 3. The van der Waals surface area contributed by atoms with Crippen LogP contribution in [0.25, 0.3) is 0 Å². The van der Waals surface area contributed by atoms with Crippen LogP contribution in [0.4, 0.5) is 0 Å². The molecular weight excluding hydrogens is 250 g/mol. The van der Waals surface area contributed by atoms with Gasteiger partial charge in [0.25, 0.3) is 0 Å². The third-order valence-electron chi connectivity index (χ3n) is 6.09. The number of benzene rings is 1. The minimum absolute atomic E-state index is 0.100. The lowest BCUT2D eigenvalue weighted by molar-refractivity contribution is -0.0680. The molecule has 20 heavy (non-hydrogen) atoms. The summed E-state index contributed by atoms with van der Waals surface area (Å²) in [5, 5.41) is 19.6. The number of hydrogen-bond donors (Lipinski definition) is 3. The summed E-state index contributed by atoms with van der Waals surface area (Å²) in [6, 6.07) is 4.75. The Labute approximate surface area is 119 Å². The first-order chi connectivity index (χ1) is 9.56. The second-order valence-corrected chi connectivity index (χ2v) is 7.50. The van der Waals surface area contributed by atoms with E-state index < -0.39 is 0 Å². The van der Waals surface area contributed by atoms with Crippen LogP contribution in [-0.2, 0) is 0 Å². The maximum atomic E-state index is 10.1. The molecule has 0 radical (unpaired) electrons. The summed E-state index contributed by atoms with van der Waals surface area (Å²) in [6.07, 6.45) is 7.86. The van der Waals surface area contributed by atoms with Crippen LogP contribution in [0.1, 0.15) is 50.1 Å². The largest absolute Gasteiger partial charge is 0.508 e. The molecule has 0 heterocycles. The van der Waals surface area contributed by atoms with E-state index in [1.807, 2.05) is 0 Å². The fourth-order valence-electron chi connectivity index (χ4n) is 5.68. The van der Waals surface area contributed by atoms with E-state index in [2.05, 4.69) is 0 Å². The molecule has 1 atom stereocenters. The van der Waals surface area contributed by atoms with Crippen molar-refractivity contribution < 1.29 is 10.2 Å². The van der Waals surface area contributed by atoms with E-state index in [0.717, 1.165) is 23.3 Å². The zero-order valence-electron chi connectivity index (χ0n) is 11.8. The van der Waals surface area contributed by atoms with Crippen LogP contribution in [0.2, 0.25) is 0 Å². The second kappa shape index (κ2) is 4.14. The van der Waals surface area contributed by atoms with Crippen LogP contribution in [0.3, 0.4) is 0 Å². The van der Waals surface area contributed by atoms with Crippen molar-refractivity contribution in [2.45, 2.75) is 44.6 Å². The quantitative estimate of drug-likeness (QED) is 0.774. The molecule has 4 saturated carbocycles. The van der Waals surface area contributed by atoms with Crippen molar-refractivity contribution >= 4 is 0 Å². The topological polar surface area (TPSA) is 66.5 Å².